The molecule has 2 saturated carbocycles. The van der Waals surface area contributed by atoms with Crippen LogP contribution in [-0.4, -0.2) is 25.3 Å². The highest BCUT2D eigenvalue weighted by atomic mass is 16.5. The average molecular weight is 281 g/mol. The van der Waals surface area contributed by atoms with E-state index < -0.39 is 0 Å². The zero-order valence-corrected chi connectivity index (χ0v) is 14.3. The van der Waals surface area contributed by atoms with Crippen molar-refractivity contribution in [2.24, 2.45) is 23.2 Å². The molecule has 2 aliphatic rings. The lowest BCUT2D eigenvalue weighted by atomic mass is 9.79. The summed E-state index contributed by atoms with van der Waals surface area (Å²) in [5.74, 6) is 2.85. The van der Waals surface area contributed by atoms with Crippen LogP contribution in [0.15, 0.2) is 0 Å². The van der Waals surface area contributed by atoms with Gasteiger partial charge in [0.2, 0.25) is 0 Å². The number of hydrogen-bond acceptors (Lipinski definition) is 2. The summed E-state index contributed by atoms with van der Waals surface area (Å²) in [5, 5.41) is 3.75. The molecule has 0 saturated heterocycles. The van der Waals surface area contributed by atoms with Crippen LogP contribution in [0.4, 0.5) is 0 Å². The Bertz CT molecular complexity index is 295. The lowest BCUT2D eigenvalue weighted by Gasteiger charge is -2.35. The van der Waals surface area contributed by atoms with Crippen LogP contribution in [0, 0.1) is 23.2 Å². The highest BCUT2D eigenvalue weighted by molar-refractivity contribution is 5.04. The van der Waals surface area contributed by atoms with Crippen molar-refractivity contribution in [1.29, 1.82) is 0 Å². The fourth-order valence-corrected chi connectivity index (χ4v) is 3.61. The van der Waals surface area contributed by atoms with Crippen molar-refractivity contribution < 1.29 is 4.74 Å². The summed E-state index contributed by atoms with van der Waals surface area (Å²) < 4.78 is 5.89. The molecule has 0 aliphatic heterocycles. The van der Waals surface area contributed by atoms with Crippen LogP contribution in [0.25, 0.3) is 0 Å². The quantitative estimate of drug-likeness (QED) is 0.672. The van der Waals surface area contributed by atoms with Crippen molar-refractivity contribution in [2.45, 2.75) is 72.3 Å². The van der Waals surface area contributed by atoms with Crippen molar-refractivity contribution >= 4 is 0 Å². The van der Waals surface area contributed by atoms with Crippen molar-refractivity contribution in [2.75, 3.05) is 19.8 Å². The molecule has 2 fully saturated rings. The molecule has 2 rings (SSSR count). The second kappa shape index (κ2) is 6.36. The minimum Gasteiger partial charge on any atom is -0.381 e. The molecule has 2 aliphatic carbocycles. The van der Waals surface area contributed by atoms with Gasteiger partial charge in [-0.25, -0.2) is 0 Å². The second-order valence-corrected chi connectivity index (χ2v) is 8.81. The number of ether oxygens (including phenoxy) is 1. The molecule has 2 heteroatoms. The summed E-state index contributed by atoms with van der Waals surface area (Å²) >= 11 is 0. The van der Waals surface area contributed by atoms with Gasteiger partial charge < -0.3 is 10.1 Å². The molecule has 0 aromatic carbocycles. The zero-order valence-electron chi connectivity index (χ0n) is 14.3. The van der Waals surface area contributed by atoms with Crippen molar-refractivity contribution in [3.8, 4) is 0 Å². The smallest absolute Gasteiger partial charge is 0.0471 e. The summed E-state index contributed by atoms with van der Waals surface area (Å²) in [6, 6.07) is 0. The molecule has 0 heterocycles. The van der Waals surface area contributed by atoms with Gasteiger partial charge in [0.05, 0.1) is 0 Å². The fourth-order valence-electron chi connectivity index (χ4n) is 3.61. The predicted molar refractivity (Wildman–Crippen MR) is 85.9 cm³/mol. The van der Waals surface area contributed by atoms with Gasteiger partial charge in [-0.15, -0.1) is 0 Å². The van der Waals surface area contributed by atoms with E-state index in [0.717, 1.165) is 31.0 Å². The molecule has 0 aromatic heterocycles. The third kappa shape index (κ3) is 5.04. The van der Waals surface area contributed by atoms with Crippen LogP contribution >= 0.6 is 0 Å². The molecule has 0 amide bonds. The van der Waals surface area contributed by atoms with Gasteiger partial charge in [-0.2, -0.15) is 0 Å². The van der Waals surface area contributed by atoms with Crippen LogP contribution < -0.4 is 5.32 Å². The highest BCUT2D eigenvalue weighted by Crippen LogP contribution is 2.60. The monoisotopic (exact) mass is 281 g/mol. The number of fused-ring (bicyclic) bond motifs is 1. The molecule has 20 heavy (non-hydrogen) atoms. The second-order valence-electron chi connectivity index (χ2n) is 8.81. The normalized spacial score (nSPS) is 32.7. The Kier molecular flexibility index (Phi) is 5.18. The van der Waals surface area contributed by atoms with Crippen LogP contribution in [0.1, 0.15) is 66.7 Å². The van der Waals surface area contributed by atoms with Gasteiger partial charge >= 0.3 is 0 Å². The first-order valence-corrected chi connectivity index (χ1v) is 8.62. The standard InChI is InChI=1S/C18H35NO/c1-14(2)6-8-20-9-7-18(13-19-17(3,4)5)11-15-10-16(15)12-18/h14-16,19H,6-13H2,1-5H3. The molecular weight excluding hydrogens is 246 g/mol. The van der Waals surface area contributed by atoms with E-state index in [1.165, 1.54) is 38.6 Å². The van der Waals surface area contributed by atoms with Gasteiger partial charge in [0.25, 0.3) is 0 Å². The minimum absolute atomic E-state index is 0.234. The van der Waals surface area contributed by atoms with E-state index >= 15 is 0 Å². The number of rotatable bonds is 8. The van der Waals surface area contributed by atoms with Gasteiger partial charge in [-0.3, -0.25) is 0 Å². The molecule has 2 atom stereocenters. The SMILES string of the molecule is CC(C)CCOCCC1(CNC(C)(C)C)CC2CC2C1. The van der Waals surface area contributed by atoms with Gasteiger partial charge in [-0.1, -0.05) is 13.8 Å². The largest absolute Gasteiger partial charge is 0.381 e. The molecule has 1 N–H and O–H groups in total. The van der Waals surface area contributed by atoms with Crippen molar-refractivity contribution in [3.63, 3.8) is 0 Å². The first-order chi connectivity index (χ1) is 9.30. The minimum atomic E-state index is 0.234. The Morgan fingerprint density at radius 1 is 1.15 bits per heavy atom. The summed E-state index contributed by atoms with van der Waals surface area (Å²) in [5.41, 5.74) is 0.761. The third-order valence-corrected chi connectivity index (χ3v) is 5.07. The summed E-state index contributed by atoms with van der Waals surface area (Å²) in [4.78, 5) is 0. The maximum absolute atomic E-state index is 5.89. The average Bonchev–Trinajstić information content (AvgIpc) is 2.94. The lowest BCUT2D eigenvalue weighted by Crippen LogP contribution is -2.44. The van der Waals surface area contributed by atoms with Crippen molar-refractivity contribution in [1.82, 2.24) is 5.32 Å². The van der Waals surface area contributed by atoms with Gasteiger partial charge in [0, 0.05) is 25.3 Å². The summed E-state index contributed by atoms with van der Waals surface area (Å²) in [6.45, 7) is 14.4. The predicted octanol–water partition coefficient (Wildman–Crippen LogP) is 4.24. The zero-order chi connectivity index (χ0) is 14.8. The van der Waals surface area contributed by atoms with E-state index in [2.05, 4.69) is 39.9 Å². The van der Waals surface area contributed by atoms with E-state index in [9.17, 15) is 0 Å². The Hall–Kier alpha value is -0.0800. The Morgan fingerprint density at radius 3 is 2.35 bits per heavy atom. The van der Waals surface area contributed by atoms with E-state index in [1.807, 2.05) is 0 Å². The van der Waals surface area contributed by atoms with Gasteiger partial charge in [0.1, 0.15) is 0 Å². The third-order valence-electron chi connectivity index (χ3n) is 5.07. The molecule has 2 nitrogen and oxygen atoms in total. The van der Waals surface area contributed by atoms with Crippen LogP contribution in [0.2, 0.25) is 0 Å². The first kappa shape index (κ1) is 16.3. The molecule has 118 valence electrons. The number of nitrogens with one attached hydrogen (secondary N) is 1. The van der Waals surface area contributed by atoms with Gasteiger partial charge in [-0.05, 0) is 76.0 Å². The highest BCUT2D eigenvalue weighted by Gasteiger charge is 2.53. The van der Waals surface area contributed by atoms with Gasteiger partial charge in [0.15, 0.2) is 0 Å². The van der Waals surface area contributed by atoms with E-state index in [-0.39, 0.29) is 5.54 Å². The molecule has 2 unspecified atom stereocenters. The lowest BCUT2D eigenvalue weighted by molar-refractivity contribution is 0.0797. The Morgan fingerprint density at radius 2 is 1.80 bits per heavy atom. The van der Waals surface area contributed by atoms with Crippen LogP contribution in [0.3, 0.4) is 0 Å². The molecule has 0 bridgehead atoms. The topological polar surface area (TPSA) is 21.3 Å². The number of hydrogen-bond donors (Lipinski definition) is 1. The van der Waals surface area contributed by atoms with Crippen LogP contribution in [-0.2, 0) is 4.74 Å². The fraction of sp³-hybridized carbons (Fsp3) is 1.00. The van der Waals surface area contributed by atoms with Crippen LogP contribution in [0.5, 0.6) is 0 Å². The Balaban J connectivity index is 1.73. The van der Waals surface area contributed by atoms with Crippen molar-refractivity contribution in [3.05, 3.63) is 0 Å². The van der Waals surface area contributed by atoms with E-state index in [1.54, 1.807) is 0 Å². The van der Waals surface area contributed by atoms with E-state index in [4.69, 9.17) is 4.74 Å². The first-order valence-electron chi connectivity index (χ1n) is 8.62. The molecule has 0 aromatic rings. The Labute approximate surface area is 126 Å². The maximum atomic E-state index is 5.89. The molecular formula is C18H35NO. The maximum Gasteiger partial charge on any atom is 0.0471 e. The molecule has 0 radical (unpaired) electrons. The molecule has 0 spiro atoms. The van der Waals surface area contributed by atoms with E-state index in [0.29, 0.717) is 5.41 Å². The summed E-state index contributed by atoms with van der Waals surface area (Å²) in [7, 11) is 0. The summed E-state index contributed by atoms with van der Waals surface area (Å²) in [6.07, 6.45) is 6.83.